The lowest BCUT2D eigenvalue weighted by Crippen LogP contribution is -1.90. The molecule has 0 heterocycles. The fourth-order valence-corrected chi connectivity index (χ4v) is 2.62. The zero-order valence-corrected chi connectivity index (χ0v) is 16.1. The Labute approximate surface area is 170 Å². The lowest BCUT2D eigenvalue weighted by Gasteiger charge is -2.06. The first-order chi connectivity index (χ1) is 14.2. The molecular formula is C24H15O4P. The number of phosphoric acid groups is 1. The Hall–Kier alpha value is -4.03. The molecule has 0 atom stereocenters. The van der Waals surface area contributed by atoms with Gasteiger partial charge in [-0.2, -0.15) is 4.57 Å². The predicted octanol–water partition coefficient (Wildman–Crippen LogP) is 5.17. The molecule has 3 rings (SSSR count). The van der Waals surface area contributed by atoms with Crippen molar-refractivity contribution >= 4 is 7.82 Å². The number of rotatable bonds is 3. The summed E-state index contributed by atoms with van der Waals surface area (Å²) in [5, 5.41) is 0. The van der Waals surface area contributed by atoms with Crippen molar-refractivity contribution in [2.45, 2.75) is 0 Å². The average molecular weight is 398 g/mol. The number of hydrogen-bond acceptors (Lipinski definition) is 4. The van der Waals surface area contributed by atoms with Gasteiger partial charge in [-0.15, -0.1) is 0 Å². The van der Waals surface area contributed by atoms with Crippen LogP contribution in [-0.4, -0.2) is 0 Å². The van der Waals surface area contributed by atoms with Gasteiger partial charge >= 0.3 is 7.82 Å². The van der Waals surface area contributed by atoms with E-state index < -0.39 is 7.82 Å². The molecule has 3 aromatic rings. The second-order valence-electron chi connectivity index (χ2n) is 5.50. The zero-order valence-electron chi connectivity index (χ0n) is 15.2. The normalized spacial score (nSPS) is 9.38. The fraction of sp³-hybridized carbons (Fsp3) is 0. The summed E-state index contributed by atoms with van der Waals surface area (Å²) in [5.41, 5.74) is 2.05. The highest BCUT2D eigenvalue weighted by molar-refractivity contribution is 7.49. The van der Waals surface area contributed by atoms with Crippen LogP contribution in [-0.2, 0) is 18.1 Å². The van der Waals surface area contributed by atoms with Crippen LogP contribution in [0.25, 0.3) is 0 Å². The van der Waals surface area contributed by atoms with E-state index in [1.165, 1.54) is 0 Å². The second-order valence-corrected chi connectivity index (χ2v) is 6.94. The van der Waals surface area contributed by atoms with Crippen LogP contribution < -0.4 is 0 Å². The van der Waals surface area contributed by atoms with Gasteiger partial charge in [0.25, 0.3) is 0 Å². The molecule has 0 radical (unpaired) electrons. The van der Waals surface area contributed by atoms with Crippen molar-refractivity contribution in [2.24, 2.45) is 0 Å². The molecular weight excluding hydrogens is 383 g/mol. The summed E-state index contributed by atoms with van der Waals surface area (Å²) in [6.07, 6.45) is 7.02. The van der Waals surface area contributed by atoms with E-state index in [2.05, 4.69) is 36.1 Å². The van der Waals surface area contributed by atoms with E-state index in [4.69, 9.17) is 13.6 Å². The minimum atomic E-state index is -4.15. The maximum atomic E-state index is 12.8. The van der Waals surface area contributed by atoms with Crippen LogP contribution in [0, 0.1) is 36.1 Å². The molecule has 0 unspecified atom stereocenters. The van der Waals surface area contributed by atoms with Gasteiger partial charge in [-0.1, -0.05) is 54.6 Å². The molecule has 0 aliphatic heterocycles. The monoisotopic (exact) mass is 398 g/mol. The molecule has 0 saturated carbocycles. The van der Waals surface area contributed by atoms with Gasteiger partial charge in [0, 0.05) is 16.7 Å². The van der Waals surface area contributed by atoms with E-state index in [9.17, 15) is 4.57 Å². The van der Waals surface area contributed by atoms with Crippen molar-refractivity contribution in [1.29, 1.82) is 0 Å². The largest absolute Gasteiger partial charge is 0.673 e. The molecule has 0 bridgehead atoms. The maximum absolute atomic E-state index is 12.8. The number of benzene rings is 3. The van der Waals surface area contributed by atoms with E-state index in [1.54, 1.807) is 36.4 Å². The minimum absolute atomic E-state index is 0.685. The Morgan fingerprint density at radius 2 is 0.759 bits per heavy atom. The van der Waals surface area contributed by atoms with Gasteiger partial charge in [-0.25, -0.2) is 0 Å². The van der Waals surface area contributed by atoms with Crippen molar-refractivity contribution in [1.82, 2.24) is 0 Å². The summed E-state index contributed by atoms with van der Waals surface area (Å²) in [6.45, 7) is 0. The molecule has 3 aromatic carbocycles. The fourth-order valence-electron chi connectivity index (χ4n) is 2.03. The summed E-state index contributed by atoms with van der Waals surface area (Å²) in [4.78, 5) is 0. The first-order valence-corrected chi connectivity index (χ1v) is 10.0. The first kappa shape index (κ1) is 19.7. The molecule has 0 fully saturated rings. The third kappa shape index (κ3) is 6.89. The van der Waals surface area contributed by atoms with Gasteiger partial charge in [0.15, 0.2) is 0 Å². The van der Waals surface area contributed by atoms with Gasteiger partial charge < -0.3 is 13.6 Å². The summed E-state index contributed by atoms with van der Waals surface area (Å²) in [5.74, 6) is 8.15. The van der Waals surface area contributed by atoms with Crippen molar-refractivity contribution < 1.29 is 18.1 Å². The Morgan fingerprint density at radius 1 is 0.483 bits per heavy atom. The highest BCUT2D eigenvalue weighted by atomic mass is 31.2. The van der Waals surface area contributed by atoms with Crippen LogP contribution >= 0.6 is 7.82 Å². The third-order valence-electron chi connectivity index (χ3n) is 3.38. The SMILES string of the molecule is O=P(OC#Cc1ccccc1)(OC#Cc1ccccc1)OC#Cc1ccccc1. The second kappa shape index (κ2) is 10.3. The van der Waals surface area contributed by atoms with Gasteiger partial charge in [-0.3, -0.25) is 0 Å². The molecule has 0 N–H and O–H groups in total. The molecule has 0 aromatic heterocycles. The van der Waals surface area contributed by atoms with Crippen LogP contribution in [0.2, 0.25) is 0 Å². The molecule has 0 aliphatic rings. The number of phosphoric ester groups is 1. The van der Waals surface area contributed by atoms with Crippen molar-refractivity contribution in [3.05, 3.63) is 108 Å². The van der Waals surface area contributed by atoms with Gasteiger partial charge in [0.2, 0.25) is 0 Å². The highest BCUT2D eigenvalue weighted by Gasteiger charge is 2.30. The summed E-state index contributed by atoms with van der Waals surface area (Å²) in [6, 6.07) is 27.3. The van der Waals surface area contributed by atoms with Crippen LogP contribution in [0.15, 0.2) is 91.0 Å². The Morgan fingerprint density at radius 3 is 1.03 bits per heavy atom. The van der Waals surface area contributed by atoms with Gasteiger partial charge in [-0.05, 0) is 54.2 Å². The highest BCUT2D eigenvalue weighted by Crippen LogP contribution is 2.48. The molecule has 0 spiro atoms. The predicted molar refractivity (Wildman–Crippen MR) is 111 cm³/mol. The van der Waals surface area contributed by atoms with Crippen molar-refractivity contribution in [2.75, 3.05) is 0 Å². The summed E-state index contributed by atoms with van der Waals surface area (Å²) in [7, 11) is -4.15. The Balaban J connectivity index is 1.75. The average Bonchev–Trinajstić information content (AvgIpc) is 2.76. The molecule has 4 nitrogen and oxygen atoms in total. The van der Waals surface area contributed by atoms with E-state index in [0.717, 1.165) is 0 Å². The summed E-state index contributed by atoms with van der Waals surface area (Å²) >= 11 is 0. The Kier molecular flexibility index (Phi) is 7.03. The zero-order chi connectivity index (χ0) is 20.2. The quantitative estimate of drug-likeness (QED) is 0.451. The van der Waals surface area contributed by atoms with Gasteiger partial charge in [0.05, 0.1) is 0 Å². The van der Waals surface area contributed by atoms with E-state index >= 15 is 0 Å². The topological polar surface area (TPSA) is 44.8 Å². The maximum Gasteiger partial charge on any atom is 0.673 e. The van der Waals surface area contributed by atoms with Crippen LogP contribution in [0.5, 0.6) is 0 Å². The van der Waals surface area contributed by atoms with Crippen molar-refractivity contribution in [3.8, 4) is 36.1 Å². The molecule has 5 heteroatoms. The van der Waals surface area contributed by atoms with E-state index in [-0.39, 0.29) is 0 Å². The van der Waals surface area contributed by atoms with Crippen LogP contribution in [0.1, 0.15) is 16.7 Å². The smallest absolute Gasteiger partial charge is 0.331 e. The first-order valence-electron chi connectivity index (χ1n) is 8.57. The van der Waals surface area contributed by atoms with Crippen LogP contribution in [0.4, 0.5) is 0 Å². The lowest BCUT2D eigenvalue weighted by molar-refractivity contribution is 0.258. The minimum Gasteiger partial charge on any atom is -0.331 e. The van der Waals surface area contributed by atoms with Crippen LogP contribution in [0.3, 0.4) is 0 Å². The molecule has 29 heavy (non-hydrogen) atoms. The van der Waals surface area contributed by atoms with Gasteiger partial charge in [0.1, 0.15) is 18.3 Å². The van der Waals surface area contributed by atoms with Crippen molar-refractivity contribution in [3.63, 3.8) is 0 Å². The summed E-state index contributed by atoms with van der Waals surface area (Å²) < 4.78 is 28.0. The standard InChI is InChI=1S/C24H15O4P/c25-29(26-19-16-22-10-4-1-5-11-22,27-20-17-23-12-6-2-7-13-23)28-21-18-24-14-8-3-9-15-24/h1-15H. The molecule has 0 amide bonds. The third-order valence-corrected chi connectivity index (χ3v) is 4.32. The molecule has 0 aliphatic carbocycles. The molecule has 140 valence electrons. The van der Waals surface area contributed by atoms with E-state index in [0.29, 0.717) is 16.7 Å². The van der Waals surface area contributed by atoms with E-state index in [1.807, 2.05) is 54.6 Å². The Bertz CT molecular complexity index is 1010. The number of hydrogen-bond donors (Lipinski definition) is 0. The lowest BCUT2D eigenvalue weighted by atomic mass is 10.2. The molecule has 0 saturated heterocycles.